The lowest BCUT2D eigenvalue weighted by Gasteiger charge is -2.22. The van der Waals surface area contributed by atoms with Crippen molar-refractivity contribution >= 4 is 5.69 Å². The van der Waals surface area contributed by atoms with Crippen molar-refractivity contribution in [3.8, 4) is 0 Å². The largest absolute Gasteiger partial charge is 0.370 e. The Morgan fingerprint density at radius 3 is 2.93 bits per heavy atom. The van der Waals surface area contributed by atoms with Crippen molar-refractivity contribution in [1.29, 1.82) is 0 Å². The van der Waals surface area contributed by atoms with Crippen LogP contribution in [0.15, 0.2) is 30.4 Å². The molecule has 0 aromatic heterocycles. The molecule has 0 aliphatic carbocycles. The second kappa shape index (κ2) is 3.16. The first-order valence-corrected chi connectivity index (χ1v) is 5.46. The summed E-state index contributed by atoms with van der Waals surface area (Å²) in [6, 6.07) is 6.75. The molecule has 0 radical (unpaired) electrons. The summed E-state index contributed by atoms with van der Waals surface area (Å²) in [4.78, 5) is 2.55. The molecule has 0 atom stereocenters. The number of benzene rings is 1. The Bertz CT molecular complexity index is 379. The third-order valence-electron chi connectivity index (χ3n) is 3.24. The highest BCUT2D eigenvalue weighted by Crippen LogP contribution is 2.33. The van der Waals surface area contributed by atoms with Crippen LogP contribution in [0.4, 0.5) is 5.69 Å². The van der Waals surface area contributed by atoms with Gasteiger partial charge in [0, 0.05) is 18.8 Å². The molecule has 0 N–H and O–H groups in total. The number of hydrogen-bond donors (Lipinski definition) is 0. The fourth-order valence-electron chi connectivity index (χ4n) is 2.57. The number of hydrogen-bond acceptors (Lipinski definition) is 1. The van der Waals surface area contributed by atoms with E-state index in [1.165, 1.54) is 37.2 Å². The Labute approximate surface area is 85.0 Å². The highest BCUT2D eigenvalue weighted by Gasteiger charge is 2.21. The molecular weight excluding hydrogens is 170 g/mol. The molecule has 14 heavy (non-hydrogen) atoms. The highest BCUT2D eigenvalue weighted by molar-refractivity contribution is 5.64. The smallest absolute Gasteiger partial charge is 0.0435 e. The van der Waals surface area contributed by atoms with Crippen LogP contribution < -0.4 is 4.90 Å². The van der Waals surface area contributed by atoms with Gasteiger partial charge in [0.15, 0.2) is 0 Å². The van der Waals surface area contributed by atoms with E-state index < -0.39 is 0 Å². The Morgan fingerprint density at radius 1 is 1.00 bits per heavy atom. The number of para-hydroxylation sites is 1. The molecule has 2 aliphatic heterocycles. The van der Waals surface area contributed by atoms with Gasteiger partial charge in [-0.3, -0.25) is 0 Å². The van der Waals surface area contributed by atoms with Crippen LogP contribution in [0.2, 0.25) is 0 Å². The Hall–Kier alpha value is -1.24. The number of rotatable bonds is 0. The first-order chi connectivity index (χ1) is 6.95. The van der Waals surface area contributed by atoms with Crippen molar-refractivity contribution in [3.63, 3.8) is 0 Å². The first-order valence-electron chi connectivity index (χ1n) is 5.46. The fraction of sp³-hybridized carbons (Fsp3) is 0.385. The molecule has 1 heteroatoms. The average Bonchev–Trinajstić information content (AvgIpc) is 2.57. The number of nitrogens with zero attached hydrogens (tertiary/aromatic N) is 1. The molecule has 0 spiro atoms. The zero-order chi connectivity index (χ0) is 9.38. The van der Waals surface area contributed by atoms with Crippen molar-refractivity contribution in [2.24, 2.45) is 0 Å². The molecule has 0 bridgehead atoms. The lowest BCUT2D eigenvalue weighted by atomic mass is 10.0. The van der Waals surface area contributed by atoms with E-state index in [1.54, 1.807) is 5.56 Å². The van der Waals surface area contributed by atoms with Gasteiger partial charge in [0.25, 0.3) is 0 Å². The van der Waals surface area contributed by atoms with Crippen molar-refractivity contribution in [2.45, 2.75) is 19.3 Å². The summed E-state index contributed by atoms with van der Waals surface area (Å²) in [7, 11) is 0. The maximum atomic E-state index is 2.55. The minimum absolute atomic E-state index is 1.11. The van der Waals surface area contributed by atoms with E-state index in [-0.39, 0.29) is 0 Å². The monoisotopic (exact) mass is 185 g/mol. The maximum absolute atomic E-state index is 2.55. The van der Waals surface area contributed by atoms with Crippen LogP contribution in [0.3, 0.4) is 0 Å². The minimum atomic E-state index is 1.11. The molecular formula is C13H15N. The van der Waals surface area contributed by atoms with Crippen molar-refractivity contribution in [2.75, 3.05) is 18.0 Å². The fourth-order valence-corrected chi connectivity index (χ4v) is 2.57. The molecule has 3 rings (SSSR count). The van der Waals surface area contributed by atoms with Crippen molar-refractivity contribution in [1.82, 2.24) is 0 Å². The molecule has 2 heterocycles. The van der Waals surface area contributed by atoms with E-state index in [0.29, 0.717) is 0 Å². The van der Waals surface area contributed by atoms with E-state index in [0.717, 1.165) is 6.42 Å². The summed E-state index contributed by atoms with van der Waals surface area (Å²) in [5.74, 6) is 0. The van der Waals surface area contributed by atoms with E-state index >= 15 is 0 Å². The van der Waals surface area contributed by atoms with Gasteiger partial charge in [0.2, 0.25) is 0 Å². The molecule has 0 unspecified atom stereocenters. The quantitative estimate of drug-likeness (QED) is 0.561. The third kappa shape index (κ3) is 1.16. The zero-order valence-corrected chi connectivity index (χ0v) is 8.37. The van der Waals surface area contributed by atoms with Crippen LogP contribution in [-0.2, 0) is 12.8 Å². The van der Waals surface area contributed by atoms with E-state index in [1.807, 2.05) is 0 Å². The van der Waals surface area contributed by atoms with Gasteiger partial charge in [-0.1, -0.05) is 30.4 Å². The molecule has 0 fully saturated rings. The van der Waals surface area contributed by atoms with Gasteiger partial charge in [0.1, 0.15) is 0 Å². The summed E-state index contributed by atoms with van der Waals surface area (Å²) in [6.07, 6.45) is 8.18. The molecule has 1 nitrogen and oxygen atoms in total. The standard InChI is InChI=1S/C13H15N/c1-2-5-11-6-4-7-12-8-10-14(9-3-1)13(11)12/h1-2,4,6-7H,3,5,8-10H2. The molecule has 72 valence electrons. The summed E-state index contributed by atoms with van der Waals surface area (Å²) in [5.41, 5.74) is 4.60. The van der Waals surface area contributed by atoms with Crippen LogP contribution >= 0.6 is 0 Å². The van der Waals surface area contributed by atoms with Crippen molar-refractivity contribution in [3.05, 3.63) is 41.5 Å². The van der Waals surface area contributed by atoms with E-state index in [2.05, 4.69) is 35.3 Å². The maximum Gasteiger partial charge on any atom is 0.0435 e. The minimum Gasteiger partial charge on any atom is -0.370 e. The predicted octanol–water partition coefficient (Wildman–Crippen LogP) is 2.55. The first kappa shape index (κ1) is 8.10. The van der Waals surface area contributed by atoms with Gasteiger partial charge in [-0.15, -0.1) is 0 Å². The molecule has 0 amide bonds. The second-order valence-corrected chi connectivity index (χ2v) is 4.13. The molecule has 0 saturated heterocycles. The zero-order valence-electron chi connectivity index (χ0n) is 8.37. The number of anilines is 1. The van der Waals surface area contributed by atoms with Gasteiger partial charge >= 0.3 is 0 Å². The van der Waals surface area contributed by atoms with Gasteiger partial charge < -0.3 is 4.90 Å². The van der Waals surface area contributed by atoms with Gasteiger partial charge in [0.05, 0.1) is 0 Å². The van der Waals surface area contributed by atoms with Crippen LogP contribution in [0, 0.1) is 0 Å². The Kier molecular flexibility index (Phi) is 1.83. The molecule has 1 aromatic rings. The van der Waals surface area contributed by atoms with Crippen LogP contribution in [0.25, 0.3) is 0 Å². The van der Waals surface area contributed by atoms with Gasteiger partial charge in [-0.2, -0.15) is 0 Å². The topological polar surface area (TPSA) is 3.24 Å². The summed E-state index contributed by atoms with van der Waals surface area (Å²) < 4.78 is 0. The van der Waals surface area contributed by atoms with E-state index in [4.69, 9.17) is 0 Å². The highest BCUT2D eigenvalue weighted by atomic mass is 15.1. The second-order valence-electron chi connectivity index (χ2n) is 4.13. The number of allylic oxidation sites excluding steroid dienone is 1. The summed E-state index contributed by atoms with van der Waals surface area (Å²) in [6.45, 7) is 2.42. The summed E-state index contributed by atoms with van der Waals surface area (Å²) in [5, 5.41) is 0. The van der Waals surface area contributed by atoms with E-state index in [9.17, 15) is 0 Å². The predicted molar refractivity (Wildman–Crippen MR) is 59.8 cm³/mol. The summed E-state index contributed by atoms with van der Waals surface area (Å²) >= 11 is 0. The van der Waals surface area contributed by atoms with Crippen LogP contribution in [-0.4, -0.2) is 13.1 Å². The molecule has 2 aliphatic rings. The lowest BCUT2D eigenvalue weighted by molar-refractivity contribution is 0.817. The normalized spacial score (nSPS) is 19.0. The Balaban J connectivity index is 2.13. The van der Waals surface area contributed by atoms with Gasteiger partial charge in [-0.25, -0.2) is 0 Å². The third-order valence-corrected chi connectivity index (χ3v) is 3.24. The Morgan fingerprint density at radius 2 is 1.93 bits per heavy atom. The SMILES string of the molecule is C1=CCc2cccc3c2N(CC1)CC3. The van der Waals surface area contributed by atoms with Crippen molar-refractivity contribution < 1.29 is 0 Å². The van der Waals surface area contributed by atoms with Gasteiger partial charge in [-0.05, 0) is 30.4 Å². The molecule has 1 aromatic carbocycles. The van der Waals surface area contributed by atoms with Crippen LogP contribution in [0.5, 0.6) is 0 Å². The molecule has 0 saturated carbocycles. The average molecular weight is 185 g/mol. The lowest BCUT2D eigenvalue weighted by Crippen LogP contribution is -2.22. The van der Waals surface area contributed by atoms with Crippen LogP contribution in [0.1, 0.15) is 17.5 Å².